The van der Waals surface area contributed by atoms with Gasteiger partial charge in [-0.3, -0.25) is 4.79 Å². The number of piperidine rings is 1. The van der Waals surface area contributed by atoms with Crippen LogP contribution in [0.2, 0.25) is 0 Å². The molecule has 0 aromatic rings. The molecule has 1 spiro atoms. The molecule has 2 rings (SSSR count). The zero-order valence-electron chi connectivity index (χ0n) is 12.0. The number of carbonyl (C=O) groups is 1. The minimum absolute atomic E-state index is 0.00429. The van der Waals surface area contributed by atoms with E-state index in [0.717, 1.165) is 32.4 Å². The summed E-state index contributed by atoms with van der Waals surface area (Å²) in [4.78, 5) is 11.6. The molecule has 2 heterocycles. The van der Waals surface area contributed by atoms with Crippen molar-refractivity contribution in [1.82, 2.24) is 10.6 Å². The van der Waals surface area contributed by atoms with Gasteiger partial charge in [-0.25, -0.2) is 0 Å². The van der Waals surface area contributed by atoms with E-state index in [9.17, 15) is 4.79 Å². The summed E-state index contributed by atoms with van der Waals surface area (Å²) in [7, 11) is 0. The van der Waals surface area contributed by atoms with Gasteiger partial charge in [-0.15, -0.1) is 0 Å². The summed E-state index contributed by atoms with van der Waals surface area (Å²) < 4.78 is 11.6. The second kappa shape index (κ2) is 6.68. The topological polar surface area (TPSA) is 59.6 Å². The summed E-state index contributed by atoms with van der Waals surface area (Å²) in [6, 6.07) is 0. The van der Waals surface area contributed by atoms with E-state index in [0.29, 0.717) is 19.1 Å². The van der Waals surface area contributed by atoms with Gasteiger partial charge in [0.25, 0.3) is 0 Å². The monoisotopic (exact) mass is 270 g/mol. The molecular weight excluding hydrogens is 244 g/mol. The van der Waals surface area contributed by atoms with Crippen LogP contribution in [0.5, 0.6) is 0 Å². The Bertz CT molecular complexity index is 301. The first-order chi connectivity index (χ1) is 9.10. The fraction of sp³-hybridized carbons (Fsp3) is 0.929. The number of rotatable bonds is 5. The second-order valence-electron chi connectivity index (χ2n) is 6.08. The molecule has 1 unspecified atom stereocenters. The molecule has 0 aliphatic carbocycles. The Hall–Kier alpha value is -0.650. The maximum absolute atomic E-state index is 11.6. The van der Waals surface area contributed by atoms with E-state index < -0.39 is 0 Å². The number of amides is 1. The van der Waals surface area contributed by atoms with Crippen LogP contribution in [-0.2, 0) is 14.3 Å². The van der Waals surface area contributed by atoms with E-state index in [2.05, 4.69) is 24.5 Å². The predicted molar refractivity (Wildman–Crippen MR) is 73.0 cm³/mol. The lowest BCUT2D eigenvalue weighted by atomic mass is 9.89. The van der Waals surface area contributed by atoms with E-state index in [4.69, 9.17) is 9.47 Å². The van der Waals surface area contributed by atoms with Crippen molar-refractivity contribution < 1.29 is 14.3 Å². The molecule has 0 radical (unpaired) electrons. The lowest BCUT2D eigenvalue weighted by Gasteiger charge is -2.32. The molecule has 19 heavy (non-hydrogen) atoms. The molecule has 2 N–H and O–H groups in total. The van der Waals surface area contributed by atoms with E-state index in [1.54, 1.807) is 0 Å². The second-order valence-corrected chi connectivity index (χ2v) is 6.08. The van der Waals surface area contributed by atoms with E-state index in [-0.39, 0.29) is 24.2 Å². The number of nitrogens with one attached hydrogen (secondary N) is 2. The number of ether oxygens (including phenoxy) is 2. The molecule has 0 saturated carbocycles. The van der Waals surface area contributed by atoms with Gasteiger partial charge in [-0.05, 0) is 31.8 Å². The molecular formula is C14H26N2O3. The van der Waals surface area contributed by atoms with Crippen molar-refractivity contribution in [2.45, 2.75) is 44.8 Å². The third-order valence-corrected chi connectivity index (χ3v) is 3.85. The fourth-order valence-corrected chi connectivity index (χ4v) is 2.70. The lowest BCUT2D eigenvalue weighted by Crippen LogP contribution is -2.41. The Kier molecular flexibility index (Phi) is 5.19. The fourth-order valence-electron chi connectivity index (χ4n) is 2.70. The summed E-state index contributed by atoms with van der Waals surface area (Å²) >= 11 is 0. The largest absolute Gasteiger partial charge is 0.372 e. The van der Waals surface area contributed by atoms with Crippen LogP contribution in [0.1, 0.15) is 33.1 Å². The van der Waals surface area contributed by atoms with Crippen molar-refractivity contribution in [2.75, 3.05) is 32.8 Å². The SMILES string of the molecule is CC(C)CNC(=O)COC1COC2(CCNCC2)C1. The maximum Gasteiger partial charge on any atom is 0.246 e. The molecule has 0 bridgehead atoms. The Morgan fingerprint density at radius 1 is 1.47 bits per heavy atom. The summed E-state index contributed by atoms with van der Waals surface area (Å²) in [6.45, 7) is 7.66. The highest BCUT2D eigenvalue weighted by molar-refractivity contribution is 5.77. The first-order valence-corrected chi connectivity index (χ1v) is 7.33. The normalized spacial score (nSPS) is 25.9. The van der Waals surface area contributed by atoms with Crippen LogP contribution < -0.4 is 10.6 Å². The quantitative estimate of drug-likeness (QED) is 0.771. The Morgan fingerprint density at radius 2 is 2.21 bits per heavy atom. The molecule has 1 atom stereocenters. The first-order valence-electron chi connectivity index (χ1n) is 7.33. The van der Waals surface area contributed by atoms with E-state index >= 15 is 0 Å². The van der Waals surface area contributed by atoms with Gasteiger partial charge in [0.15, 0.2) is 0 Å². The van der Waals surface area contributed by atoms with E-state index in [1.165, 1.54) is 0 Å². The van der Waals surface area contributed by atoms with Gasteiger partial charge in [0.05, 0.1) is 18.3 Å². The molecule has 110 valence electrons. The average Bonchev–Trinajstić information content (AvgIpc) is 2.78. The van der Waals surface area contributed by atoms with Crippen LogP contribution >= 0.6 is 0 Å². The van der Waals surface area contributed by atoms with Crippen molar-refractivity contribution in [2.24, 2.45) is 5.92 Å². The zero-order chi connectivity index (χ0) is 13.7. The molecule has 5 nitrogen and oxygen atoms in total. The molecule has 2 saturated heterocycles. The Balaban J connectivity index is 1.66. The van der Waals surface area contributed by atoms with E-state index in [1.807, 2.05) is 0 Å². The van der Waals surface area contributed by atoms with Gasteiger partial charge < -0.3 is 20.1 Å². The molecule has 5 heteroatoms. The van der Waals surface area contributed by atoms with Gasteiger partial charge in [-0.2, -0.15) is 0 Å². The third kappa shape index (κ3) is 4.44. The van der Waals surface area contributed by atoms with Crippen LogP contribution in [-0.4, -0.2) is 50.5 Å². The van der Waals surface area contributed by atoms with Gasteiger partial charge in [-0.1, -0.05) is 13.8 Å². The highest BCUT2D eigenvalue weighted by Gasteiger charge is 2.41. The molecule has 0 aromatic carbocycles. The summed E-state index contributed by atoms with van der Waals surface area (Å²) in [6.07, 6.45) is 3.09. The van der Waals surface area contributed by atoms with Crippen LogP contribution in [0.15, 0.2) is 0 Å². The maximum atomic E-state index is 11.6. The lowest BCUT2D eigenvalue weighted by molar-refractivity contribution is -0.127. The molecule has 2 fully saturated rings. The Labute approximate surface area is 115 Å². The minimum Gasteiger partial charge on any atom is -0.372 e. The van der Waals surface area contributed by atoms with Gasteiger partial charge >= 0.3 is 0 Å². The van der Waals surface area contributed by atoms with Crippen LogP contribution in [0.3, 0.4) is 0 Å². The van der Waals surface area contributed by atoms with Gasteiger partial charge in [0.2, 0.25) is 5.91 Å². The smallest absolute Gasteiger partial charge is 0.246 e. The summed E-state index contributed by atoms with van der Waals surface area (Å²) in [5.41, 5.74) is 0.00429. The van der Waals surface area contributed by atoms with Crippen molar-refractivity contribution in [3.8, 4) is 0 Å². The number of carbonyl (C=O) groups excluding carboxylic acids is 1. The minimum atomic E-state index is -0.0278. The first kappa shape index (κ1) is 14.8. The molecule has 2 aliphatic heterocycles. The van der Waals surface area contributed by atoms with Crippen molar-refractivity contribution in [3.63, 3.8) is 0 Å². The Morgan fingerprint density at radius 3 is 2.89 bits per heavy atom. The summed E-state index contributed by atoms with van der Waals surface area (Å²) in [5, 5.41) is 6.21. The van der Waals surface area contributed by atoms with Crippen LogP contribution in [0.25, 0.3) is 0 Å². The highest BCUT2D eigenvalue weighted by Crippen LogP contribution is 2.34. The molecule has 2 aliphatic rings. The van der Waals surface area contributed by atoms with Crippen molar-refractivity contribution >= 4 is 5.91 Å². The standard InChI is InChI=1S/C14H26N2O3/c1-11(2)8-16-13(17)10-18-12-7-14(19-9-12)3-5-15-6-4-14/h11-12,15H,3-10H2,1-2H3,(H,16,17). The molecule has 1 amide bonds. The highest BCUT2D eigenvalue weighted by atomic mass is 16.6. The zero-order valence-corrected chi connectivity index (χ0v) is 12.0. The number of hydrogen-bond donors (Lipinski definition) is 2. The van der Waals surface area contributed by atoms with Crippen molar-refractivity contribution in [1.29, 1.82) is 0 Å². The van der Waals surface area contributed by atoms with Gasteiger partial charge in [0, 0.05) is 13.0 Å². The summed E-state index contributed by atoms with van der Waals surface area (Å²) in [5.74, 6) is 0.441. The average molecular weight is 270 g/mol. The third-order valence-electron chi connectivity index (χ3n) is 3.85. The molecule has 0 aromatic heterocycles. The van der Waals surface area contributed by atoms with Crippen LogP contribution in [0.4, 0.5) is 0 Å². The number of hydrogen-bond acceptors (Lipinski definition) is 4. The predicted octanol–water partition coefficient (Wildman–Crippen LogP) is 0.686. The van der Waals surface area contributed by atoms with Crippen molar-refractivity contribution in [3.05, 3.63) is 0 Å². The van der Waals surface area contributed by atoms with Crippen LogP contribution in [0, 0.1) is 5.92 Å². The van der Waals surface area contributed by atoms with Gasteiger partial charge in [0.1, 0.15) is 6.61 Å².